The molecule has 21 heavy (non-hydrogen) atoms. The maximum absolute atomic E-state index is 11.0. The number of hydrogen-bond acceptors (Lipinski definition) is 6. The average molecular weight is 289 g/mol. The number of carbonyl (C=O) groups excluding carboxylic acids is 2. The molecule has 1 atom stereocenters. The number of carbonyl (C=O) groups is 2. The fourth-order valence-corrected chi connectivity index (χ4v) is 1.67. The van der Waals surface area contributed by atoms with E-state index in [-0.39, 0.29) is 18.6 Å². The second-order valence-corrected chi connectivity index (χ2v) is 4.45. The zero-order valence-electron chi connectivity index (χ0n) is 11.5. The molecule has 0 saturated heterocycles. The highest BCUT2D eigenvalue weighted by molar-refractivity contribution is 6.26. The van der Waals surface area contributed by atoms with Crippen LogP contribution in [-0.4, -0.2) is 44.9 Å². The van der Waals surface area contributed by atoms with E-state index in [1.54, 1.807) is 35.1 Å². The summed E-state index contributed by atoms with van der Waals surface area (Å²) in [5, 5.41) is 17.2. The van der Waals surface area contributed by atoms with Crippen LogP contribution in [0.5, 0.6) is 5.75 Å². The fourth-order valence-electron chi connectivity index (χ4n) is 1.67. The molecule has 1 heterocycles. The van der Waals surface area contributed by atoms with Crippen LogP contribution < -0.4 is 0 Å². The molecular weight excluding hydrogens is 274 g/mol. The van der Waals surface area contributed by atoms with Gasteiger partial charge in [0.15, 0.2) is 6.29 Å². The van der Waals surface area contributed by atoms with Crippen molar-refractivity contribution in [3.8, 4) is 17.0 Å². The molecule has 0 aliphatic rings. The zero-order chi connectivity index (χ0) is 15.2. The molecule has 0 bridgehead atoms. The van der Waals surface area contributed by atoms with Gasteiger partial charge in [-0.1, -0.05) is 5.21 Å². The highest BCUT2D eigenvalue weighted by atomic mass is 16.5. The van der Waals surface area contributed by atoms with E-state index < -0.39 is 11.9 Å². The average Bonchev–Trinajstić information content (AvgIpc) is 2.95. The number of aromatic hydroxyl groups is 1. The number of aldehydes is 1. The first-order valence-corrected chi connectivity index (χ1v) is 6.40. The molecule has 0 radical (unpaired) electrons. The van der Waals surface area contributed by atoms with Crippen molar-refractivity contribution in [2.75, 3.05) is 6.61 Å². The Kier molecular flexibility index (Phi) is 4.78. The monoisotopic (exact) mass is 289 g/mol. The summed E-state index contributed by atoms with van der Waals surface area (Å²) in [7, 11) is 0. The lowest BCUT2D eigenvalue weighted by molar-refractivity contribution is -0.137. The minimum Gasteiger partial charge on any atom is -0.508 e. The van der Waals surface area contributed by atoms with E-state index in [1.807, 2.05) is 0 Å². The van der Waals surface area contributed by atoms with Gasteiger partial charge in [-0.15, -0.1) is 5.10 Å². The summed E-state index contributed by atoms with van der Waals surface area (Å²) in [5.74, 6) is -0.397. The van der Waals surface area contributed by atoms with Crippen molar-refractivity contribution in [2.45, 2.75) is 19.6 Å². The molecule has 0 fully saturated rings. The first-order chi connectivity index (χ1) is 10.1. The fraction of sp³-hybridized carbons (Fsp3) is 0.286. The van der Waals surface area contributed by atoms with E-state index in [0.29, 0.717) is 12.2 Å². The quantitative estimate of drug-likeness (QED) is 0.599. The van der Waals surface area contributed by atoms with Crippen molar-refractivity contribution < 1.29 is 19.4 Å². The highest BCUT2D eigenvalue weighted by Gasteiger charge is 2.11. The summed E-state index contributed by atoms with van der Waals surface area (Å²) < 4.78 is 6.81. The van der Waals surface area contributed by atoms with Gasteiger partial charge in [0.2, 0.25) is 5.78 Å². The summed E-state index contributed by atoms with van der Waals surface area (Å²) in [4.78, 5) is 21.3. The van der Waals surface area contributed by atoms with Crippen LogP contribution in [0.3, 0.4) is 0 Å². The maximum atomic E-state index is 11.0. The van der Waals surface area contributed by atoms with Crippen molar-refractivity contribution in [1.82, 2.24) is 15.0 Å². The number of nitrogens with zero attached hydrogens (tertiary/aromatic N) is 3. The second-order valence-electron chi connectivity index (χ2n) is 4.45. The molecule has 0 aliphatic heterocycles. The van der Waals surface area contributed by atoms with Crippen molar-refractivity contribution in [1.29, 1.82) is 0 Å². The van der Waals surface area contributed by atoms with E-state index >= 15 is 0 Å². The van der Waals surface area contributed by atoms with Gasteiger partial charge in [-0.05, 0) is 31.2 Å². The van der Waals surface area contributed by atoms with Gasteiger partial charge in [-0.3, -0.25) is 9.59 Å². The topological polar surface area (TPSA) is 94.3 Å². The Morgan fingerprint density at radius 3 is 2.81 bits per heavy atom. The van der Waals surface area contributed by atoms with E-state index in [2.05, 4.69) is 10.3 Å². The lowest BCUT2D eigenvalue weighted by Gasteiger charge is -2.08. The number of rotatable bonds is 7. The minimum absolute atomic E-state index is 0.188. The molecule has 0 amide bonds. The molecule has 0 aliphatic carbocycles. The first kappa shape index (κ1) is 14.9. The van der Waals surface area contributed by atoms with Crippen LogP contribution in [0.25, 0.3) is 11.3 Å². The summed E-state index contributed by atoms with van der Waals surface area (Å²) in [6.07, 6.45) is 1.24. The molecule has 1 N–H and O–H groups in total. The number of benzene rings is 1. The molecule has 0 spiro atoms. The van der Waals surface area contributed by atoms with Crippen molar-refractivity contribution in [3.05, 3.63) is 30.5 Å². The standard InChI is InChI=1S/C14H15N3O4/c1-10(14(20)9-18)21-7-6-17-8-13(15-16-17)11-2-4-12(19)5-3-11/h2-5,8-10,19H,6-7H2,1H3. The number of Topliss-reactive ketones (excluding diaryl/α,β-unsaturated/α-hetero) is 1. The number of ketones is 1. The third kappa shape index (κ3) is 3.96. The van der Waals surface area contributed by atoms with Gasteiger partial charge in [-0.25, -0.2) is 4.68 Å². The molecule has 7 nitrogen and oxygen atoms in total. The largest absolute Gasteiger partial charge is 0.508 e. The van der Waals surface area contributed by atoms with Crippen molar-refractivity contribution in [2.24, 2.45) is 0 Å². The minimum atomic E-state index is -0.748. The molecule has 1 unspecified atom stereocenters. The normalized spacial score (nSPS) is 12.0. The van der Waals surface area contributed by atoms with Crippen LogP contribution in [-0.2, 0) is 20.9 Å². The van der Waals surface area contributed by atoms with Gasteiger partial charge in [0.05, 0.1) is 19.3 Å². The van der Waals surface area contributed by atoms with Crippen LogP contribution in [0.15, 0.2) is 30.5 Å². The van der Waals surface area contributed by atoms with Gasteiger partial charge in [0.1, 0.15) is 17.5 Å². The molecule has 1 aromatic carbocycles. The van der Waals surface area contributed by atoms with Crippen LogP contribution >= 0.6 is 0 Å². The Bertz CT molecular complexity index is 621. The molecular formula is C14H15N3O4. The lowest BCUT2D eigenvalue weighted by Crippen LogP contribution is -2.23. The molecule has 110 valence electrons. The van der Waals surface area contributed by atoms with Gasteiger partial charge in [0, 0.05) is 5.56 Å². The van der Waals surface area contributed by atoms with Crippen molar-refractivity contribution in [3.63, 3.8) is 0 Å². The first-order valence-electron chi connectivity index (χ1n) is 6.40. The zero-order valence-corrected chi connectivity index (χ0v) is 11.5. The van der Waals surface area contributed by atoms with Gasteiger partial charge in [-0.2, -0.15) is 0 Å². The number of aromatic nitrogens is 3. The maximum Gasteiger partial charge on any atom is 0.223 e. The summed E-state index contributed by atoms with van der Waals surface area (Å²) in [6.45, 7) is 2.20. The van der Waals surface area contributed by atoms with E-state index in [1.165, 1.54) is 6.92 Å². The van der Waals surface area contributed by atoms with Crippen molar-refractivity contribution >= 4 is 12.1 Å². The molecule has 2 aromatic rings. The second kappa shape index (κ2) is 6.76. The number of phenolic OH excluding ortho intramolecular Hbond substituents is 1. The Hall–Kier alpha value is -2.54. The SMILES string of the molecule is CC(OCCn1cc(-c2ccc(O)cc2)nn1)C(=O)C=O. The number of phenols is 1. The molecule has 2 rings (SSSR count). The predicted molar refractivity (Wildman–Crippen MR) is 73.6 cm³/mol. The smallest absolute Gasteiger partial charge is 0.223 e. The molecule has 7 heteroatoms. The number of hydrogen-bond donors (Lipinski definition) is 1. The van der Waals surface area contributed by atoms with E-state index in [4.69, 9.17) is 4.74 Å². The Balaban J connectivity index is 1.90. The molecule has 0 saturated carbocycles. The molecule has 1 aromatic heterocycles. The summed E-state index contributed by atoms with van der Waals surface area (Å²) in [5.41, 5.74) is 1.51. The van der Waals surface area contributed by atoms with Crippen LogP contribution in [0, 0.1) is 0 Å². The summed E-state index contributed by atoms with van der Waals surface area (Å²) >= 11 is 0. The van der Waals surface area contributed by atoms with Crippen LogP contribution in [0.4, 0.5) is 0 Å². The van der Waals surface area contributed by atoms with Gasteiger partial charge < -0.3 is 9.84 Å². The van der Waals surface area contributed by atoms with E-state index in [9.17, 15) is 14.7 Å². The Labute approximate surface area is 121 Å². The Morgan fingerprint density at radius 2 is 2.14 bits per heavy atom. The van der Waals surface area contributed by atoms with Crippen LogP contribution in [0.1, 0.15) is 6.92 Å². The third-order valence-electron chi connectivity index (χ3n) is 2.91. The predicted octanol–water partition coefficient (Wildman–Crippen LogP) is 0.824. The lowest BCUT2D eigenvalue weighted by atomic mass is 10.2. The van der Waals surface area contributed by atoms with E-state index in [0.717, 1.165) is 5.56 Å². The third-order valence-corrected chi connectivity index (χ3v) is 2.91. The van der Waals surface area contributed by atoms with Gasteiger partial charge in [0.25, 0.3) is 0 Å². The number of ether oxygens (including phenoxy) is 1. The summed E-state index contributed by atoms with van der Waals surface area (Å²) in [6, 6.07) is 6.63. The Morgan fingerprint density at radius 1 is 1.43 bits per heavy atom. The van der Waals surface area contributed by atoms with Gasteiger partial charge >= 0.3 is 0 Å². The highest BCUT2D eigenvalue weighted by Crippen LogP contribution is 2.19. The van der Waals surface area contributed by atoms with Crippen LogP contribution in [0.2, 0.25) is 0 Å².